The van der Waals surface area contributed by atoms with E-state index < -0.39 is 0 Å². The number of benzene rings is 2. The van der Waals surface area contributed by atoms with Gasteiger partial charge in [-0.25, -0.2) is 4.98 Å². The quantitative estimate of drug-likeness (QED) is 0.281. The third-order valence-corrected chi connectivity index (χ3v) is 6.61. The van der Waals surface area contributed by atoms with Gasteiger partial charge >= 0.3 is 0 Å². The molecule has 5 heteroatoms. The number of rotatable bonds is 7. The first-order valence-electron chi connectivity index (χ1n) is 8.92. The summed E-state index contributed by atoms with van der Waals surface area (Å²) in [6.45, 7) is 3.08. The van der Waals surface area contributed by atoms with Crippen molar-refractivity contribution in [1.29, 1.82) is 0 Å². The van der Waals surface area contributed by atoms with E-state index in [9.17, 15) is 0 Å². The highest BCUT2D eigenvalue weighted by Crippen LogP contribution is 2.31. The Kier molecular flexibility index (Phi) is 5.18. The second-order valence-electron chi connectivity index (χ2n) is 6.29. The zero-order valence-corrected chi connectivity index (χ0v) is 16.7. The third-order valence-electron chi connectivity index (χ3n) is 4.54. The van der Waals surface area contributed by atoms with Gasteiger partial charge in [0.1, 0.15) is 5.75 Å². The molecular weight excluding hydrogens is 360 g/mol. The molecule has 26 heavy (non-hydrogen) atoms. The van der Waals surface area contributed by atoms with Crippen LogP contribution in [-0.4, -0.2) is 22.4 Å². The highest BCUT2D eigenvalue weighted by molar-refractivity contribution is 7.99. The molecule has 2 aromatic carbocycles. The Hall–Kier alpha value is -1.98. The van der Waals surface area contributed by atoms with Crippen molar-refractivity contribution in [3.8, 4) is 5.75 Å². The second kappa shape index (κ2) is 7.72. The highest BCUT2D eigenvalue weighted by Gasteiger charge is 2.14. The minimum Gasteiger partial charge on any atom is -0.497 e. The van der Waals surface area contributed by atoms with E-state index in [0.29, 0.717) is 0 Å². The van der Waals surface area contributed by atoms with Gasteiger partial charge in [0.2, 0.25) is 0 Å². The Morgan fingerprint density at radius 2 is 2.08 bits per heavy atom. The summed E-state index contributed by atoms with van der Waals surface area (Å²) in [5.41, 5.74) is 3.53. The van der Waals surface area contributed by atoms with Gasteiger partial charge in [-0.15, -0.1) is 11.3 Å². The van der Waals surface area contributed by atoms with Gasteiger partial charge < -0.3 is 9.30 Å². The van der Waals surface area contributed by atoms with Crippen molar-refractivity contribution in [2.24, 2.45) is 0 Å². The van der Waals surface area contributed by atoms with Crippen LogP contribution >= 0.6 is 23.1 Å². The summed E-state index contributed by atoms with van der Waals surface area (Å²) in [5, 5.41) is 4.72. The molecule has 0 radical (unpaired) electrons. The van der Waals surface area contributed by atoms with Crippen molar-refractivity contribution in [2.45, 2.75) is 31.5 Å². The fourth-order valence-electron chi connectivity index (χ4n) is 3.11. The molecule has 0 spiro atoms. The number of thioether (sulfide) groups is 1. The van der Waals surface area contributed by atoms with Gasteiger partial charge in [-0.3, -0.25) is 0 Å². The number of ether oxygens (including phenoxy) is 1. The fraction of sp³-hybridized carbons (Fsp3) is 0.286. The summed E-state index contributed by atoms with van der Waals surface area (Å²) in [4.78, 5) is 4.90. The first kappa shape index (κ1) is 17.4. The van der Waals surface area contributed by atoms with Gasteiger partial charge in [0, 0.05) is 16.5 Å². The molecule has 3 nitrogen and oxygen atoms in total. The zero-order chi connectivity index (χ0) is 17.9. The maximum atomic E-state index is 5.38. The number of nitrogens with zero attached hydrogens (tertiary/aromatic N) is 2. The molecular formula is C21H22N2OS2. The smallest absolute Gasteiger partial charge is 0.169 e. The number of hydrogen-bond acceptors (Lipinski definition) is 4. The van der Waals surface area contributed by atoms with Crippen molar-refractivity contribution >= 4 is 44.2 Å². The Morgan fingerprint density at radius 1 is 1.19 bits per heavy atom. The SMILES string of the molecule is CCCCSc1nc2cc(OC)ccc2n1Cc1csc2ccccc12. The van der Waals surface area contributed by atoms with Gasteiger partial charge in [-0.1, -0.05) is 43.3 Å². The first-order chi connectivity index (χ1) is 12.8. The van der Waals surface area contributed by atoms with Crippen LogP contribution in [0.2, 0.25) is 0 Å². The summed E-state index contributed by atoms with van der Waals surface area (Å²) in [5.74, 6) is 1.95. The van der Waals surface area contributed by atoms with E-state index in [2.05, 4.69) is 47.2 Å². The van der Waals surface area contributed by atoms with Crippen molar-refractivity contribution in [3.63, 3.8) is 0 Å². The van der Waals surface area contributed by atoms with Crippen molar-refractivity contribution in [3.05, 3.63) is 53.4 Å². The summed E-state index contributed by atoms with van der Waals surface area (Å²) < 4.78 is 9.07. The van der Waals surface area contributed by atoms with E-state index in [1.54, 1.807) is 7.11 Å². The predicted octanol–water partition coefficient (Wildman–Crippen LogP) is 6.20. The summed E-state index contributed by atoms with van der Waals surface area (Å²) >= 11 is 3.67. The van der Waals surface area contributed by atoms with Crippen LogP contribution in [-0.2, 0) is 6.54 Å². The Labute approximate surface area is 162 Å². The molecule has 0 aliphatic carbocycles. The number of methoxy groups -OCH3 is 1. The van der Waals surface area contributed by atoms with Crippen LogP contribution in [0.1, 0.15) is 25.3 Å². The molecule has 0 N–H and O–H groups in total. The molecule has 0 fully saturated rings. The average Bonchev–Trinajstić information content (AvgIpc) is 3.24. The van der Waals surface area contributed by atoms with E-state index >= 15 is 0 Å². The molecule has 134 valence electrons. The standard InChI is InChI=1S/C21H22N2OS2/c1-3-4-11-25-21-22-18-12-16(24-2)9-10-19(18)23(21)13-15-14-26-20-8-6-5-7-17(15)20/h5-10,12,14H,3-4,11,13H2,1-2H3. The number of unbranched alkanes of at least 4 members (excludes halogenated alkanes) is 1. The number of imidazole rings is 1. The van der Waals surface area contributed by atoms with Gasteiger partial charge in [0.15, 0.2) is 5.16 Å². The molecule has 0 unspecified atom stereocenters. The molecule has 0 aliphatic heterocycles. The van der Waals surface area contributed by atoms with Gasteiger partial charge in [-0.2, -0.15) is 0 Å². The fourth-order valence-corrected chi connectivity index (χ4v) is 5.16. The van der Waals surface area contributed by atoms with Crippen LogP contribution in [0.25, 0.3) is 21.1 Å². The lowest BCUT2D eigenvalue weighted by Crippen LogP contribution is -2.01. The number of aromatic nitrogens is 2. The molecule has 2 aromatic heterocycles. The Morgan fingerprint density at radius 3 is 2.92 bits per heavy atom. The zero-order valence-electron chi connectivity index (χ0n) is 15.1. The van der Waals surface area contributed by atoms with Crippen LogP contribution in [0, 0.1) is 0 Å². The third kappa shape index (κ3) is 3.33. The van der Waals surface area contributed by atoms with E-state index in [1.165, 1.54) is 34.0 Å². The Bertz CT molecular complexity index is 1040. The van der Waals surface area contributed by atoms with Crippen LogP contribution < -0.4 is 4.74 Å². The maximum absolute atomic E-state index is 5.38. The number of fused-ring (bicyclic) bond motifs is 2. The summed E-state index contributed by atoms with van der Waals surface area (Å²) in [6, 6.07) is 14.8. The molecule has 4 rings (SSSR count). The van der Waals surface area contributed by atoms with Crippen LogP contribution in [0.3, 0.4) is 0 Å². The first-order valence-corrected chi connectivity index (χ1v) is 10.8. The van der Waals surface area contributed by atoms with E-state index in [-0.39, 0.29) is 0 Å². The van der Waals surface area contributed by atoms with Crippen LogP contribution in [0.4, 0.5) is 0 Å². The Balaban J connectivity index is 1.76. The van der Waals surface area contributed by atoms with E-state index in [1.807, 2.05) is 35.2 Å². The lowest BCUT2D eigenvalue weighted by molar-refractivity contribution is 0.415. The number of hydrogen-bond donors (Lipinski definition) is 0. The molecule has 0 amide bonds. The maximum Gasteiger partial charge on any atom is 0.169 e. The number of thiophene rings is 1. The molecule has 0 bridgehead atoms. The van der Waals surface area contributed by atoms with Gasteiger partial charge in [0.25, 0.3) is 0 Å². The van der Waals surface area contributed by atoms with Crippen molar-refractivity contribution < 1.29 is 4.74 Å². The highest BCUT2D eigenvalue weighted by atomic mass is 32.2. The van der Waals surface area contributed by atoms with E-state index in [4.69, 9.17) is 9.72 Å². The normalized spacial score (nSPS) is 11.5. The molecule has 0 saturated carbocycles. The van der Waals surface area contributed by atoms with Gasteiger partial charge in [0.05, 0.1) is 24.7 Å². The topological polar surface area (TPSA) is 27.1 Å². The van der Waals surface area contributed by atoms with Crippen molar-refractivity contribution in [1.82, 2.24) is 9.55 Å². The monoisotopic (exact) mass is 382 g/mol. The predicted molar refractivity (Wildman–Crippen MR) is 113 cm³/mol. The minimum absolute atomic E-state index is 0.849. The van der Waals surface area contributed by atoms with E-state index in [0.717, 1.165) is 28.7 Å². The summed E-state index contributed by atoms with van der Waals surface area (Å²) in [6.07, 6.45) is 2.41. The average molecular weight is 383 g/mol. The summed E-state index contributed by atoms with van der Waals surface area (Å²) in [7, 11) is 1.70. The van der Waals surface area contributed by atoms with Crippen LogP contribution in [0.5, 0.6) is 5.75 Å². The molecule has 4 aromatic rings. The largest absolute Gasteiger partial charge is 0.497 e. The molecule has 0 atom stereocenters. The molecule has 0 saturated heterocycles. The molecule has 0 aliphatic rings. The van der Waals surface area contributed by atoms with Crippen LogP contribution in [0.15, 0.2) is 53.0 Å². The molecule has 2 heterocycles. The minimum atomic E-state index is 0.849. The van der Waals surface area contributed by atoms with Gasteiger partial charge in [-0.05, 0) is 40.9 Å². The lowest BCUT2D eigenvalue weighted by Gasteiger charge is -2.09. The van der Waals surface area contributed by atoms with Crippen molar-refractivity contribution in [2.75, 3.05) is 12.9 Å². The second-order valence-corrected chi connectivity index (χ2v) is 8.27. The lowest BCUT2D eigenvalue weighted by atomic mass is 10.2.